The van der Waals surface area contributed by atoms with Crippen LogP contribution in [0.1, 0.15) is 65.4 Å². The highest BCUT2D eigenvalue weighted by Gasteiger charge is 2.39. The second kappa shape index (κ2) is 13.2. The molecule has 1 aliphatic carbocycles. The number of hydrogen-bond acceptors (Lipinski definition) is 7. The summed E-state index contributed by atoms with van der Waals surface area (Å²) in [6.45, 7) is 9.32. The first kappa shape index (κ1) is 27.4. The van der Waals surface area contributed by atoms with E-state index in [0.717, 1.165) is 31.2 Å². The highest BCUT2D eigenvalue weighted by molar-refractivity contribution is 5.72. The summed E-state index contributed by atoms with van der Waals surface area (Å²) in [6.07, 6.45) is 3.41. The topological polar surface area (TPSA) is 83.5 Å². The molecule has 0 radical (unpaired) electrons. The van der Waals surface area contributed by atoms with E-state index in [2.05, 4.69) is 0 Å². The molecule has 1 saturated carbocycles. The SMILES string of the molecule is CCOC(=O)[C@H]1CC[C@@H](OC[C@@H]2C[C@@H](OCOCc3ccccc3)CN2C(=O)OC(C)(C)C)CC1. The van der Waals surface area contributed by atoms with Gasteiger partial charge < -0.3 is 28.6 Å². The number of esters is 1. The highest BCUT2D eigenvalue weighted by atomic mass is 16.7. The fourth-order valence-electron chi connectivity index (χ4n) is 4.55. The number of likely N-dealkylation sites (tertiary alicyclic amines) is 1. The van der Waals surface area contributed by atoms with Crippen molar-refractivity contribution in [1.82, 2.24) is 4.90 Å². The molecule has 8 heteroatoms. The lowest BCUT2D eigenvalue weighted by atomic mass is 9.87. The van der Waals surface area contributed by atoms with Crippen LogP contribution in [0.5, 0.6) is 0 Å². The van der Waals surface area contributed by atoms with Crippen LogP contribution in [0.2, 0.25) is 0 Å². The summed E-state index contributed by atoms with van der Waals surface area (Å²) in [5.74, 6) is -0.138. The molecular formula is C27H41NO7. The van der Waals surface area contributed by atoms with Crippen LogP contribution in [0.4, 0.5) is 4.79 Å². The van der Waals surface area contributed by atoms with Crippen LogP contribution < -0.4 is 0 Å². The van der Waals surface area contributed by atoms with Crippen molar-refractivity contribution < 1.29 is 33.3 Å². The summed E-state index contributed by atoms with van der Waals surface area (Å²) in [5.41, 5.74) is 0.507. The Kier molecular flexibility index (Phi) is 10.4. The van der Waals surface area contributed by atoms with Crippen LogP contribution in [0.15, 0.2) is 30.3 Å². The first-order chi connectivity index (χ1) is 16.7. The number of carbonyl (C=O) groups excluding carboxylic acids is 2. The minimum absolute atomic E-state index is 0.0341. The van der Waals surface area contributed by atoms with Crippen LogP contribution in [0.3, 0.4) is 0 Å². The van der Waals surface area contributed by atoms with E-state index in [4.69, 9.17) is 23.7 Å². The second-order valence-corrected chi connectivity index (χ2v) is 10.3. The van der Waals surface area contributed by atoms with Gasteiger partial charge in [0.1, 0.15) is 12.4 Å². The molecule has 0 unspecified atom stereocenters. The predicted molar refractivity (Wildman–Crippen MR) is 131 cm³/mol. The van der Waals surface area contributed by atoms with Gasteiger partial charge in [0.15, 0.2) is 0 Å². The third-order valence-corrected chi connectivity index (χ3v) is 6.32. The van der Waals surface area contributed by atoms with Crippen molar-refractivity contribution in [3.8, 4) is 0 Å². The van der Waals surface area contributed by atoms with E-state index in [-0.39, 0.29) is 43.0 Å². The Morgan fingerprint density at radius 2 is 1.71 bits per heavy atom. The lowest BCUT2D eigenvalue weighted by molar-refractivity contribution is -0.150. The molecule has 0 bridgehead atoms. The summed E-state index contributed by atoms with van der Waals surface area (Å²) in [5, 5.41) is 0. The molecule has 1 aliphatic heterocycles. The Balaban J connectivity index is 1.47. The molecule has 0 spiro atoms. The maximum atomic E-state index is 12.9. The molecule has 35 heavy (non-hydrogen) atoms. The number of amides is 1. The predicted octanol–water partition coefficient (Wildman–Crippen LogP) is 4.69. The van der Waals surface area contributed by atoms with E-state index in [9.17, 15) is 9.59 Å². The fourth-order valence-corrected chi connectivity index (χ4v) is 4.55. The average Bonchev–Trinajstić information content (AvgIpc) is 3.24. The number of hydrogen-bond donors (Lipinski definition) is 0. The maximum absolute atomic E-state index is 12.9. The van der Waals surface area contributed by atoms with Gasteiger partial charge in [-0.15, -0.1) is 0 Å². The molecule has 0 N–H and O–H groups in total. The molecule has 1 aromatic carbocycles. The van der Waals surface area contributed by atoms with E-state index in [1.807, 2.05) is 58.0 Å². The Morgan fingerprint density at radius 1 is 1.00 bits per heavy atom. The zero-order valence-corrected chi connectivity index (χ0v) is 21.6. The summed E-state index contributed by atoms with van der Waals surface area (Å²) in [6, 6.07) is 9.80. The van der Waals surface area contributed by atoms with Gasteiger partial charge in [0, 0.05) is 0 Å². The summed E-state index contributed by atoms with van der Waals surface area (Å²) < 4.78 is 28.6. The van der Waals surface area contributed by atoms with Crippen molar-refractivity contribution in [2.75, 3.05) is 26.6 Å². The normalized spacial score (nSPS) is 24.9. The first-order valence-electron chi connectivity index (χ1n) is 12.8. The lowest BCUT2D eigenvalue weighted by Gasteiger charge is -2.31. The number of benzene rings is 1. The quantitative estimate of drug-likeness (QED) is 0.267. The van der Waals surface area contributed by atoms with E-state index < -0.39 is 5.60 Å². The van der Waals surface area contributed by atoms with Crippen LogP contribution in [-0.4, -0.2) is 67.4 Å². The monoisotopic (exact) mass is 491 g/mol. The molecule has 1 saturated heterocycles. The molecule has 1 aromatic rings. The number of carbonyl (C=O) groups is 2. The minimum atomic E-state index is -0.578. The molecule has 2 aliphatic rings. The van der Waals surface area contributed by atoms with Gasteiger partial charge >= 0.3 is 12.1 Å². The fraction of sp³-hybridized carbons (Fsp3) is 0.704. The van der Waals surface area contributed by atoms with Gasteiger partial charge in [0.05, 0.1) is 50.5 Å². The van der Waals surface area contributed by atoms with Gasteiger partial charge in [-0.1, -0.05) is 30.3 Å². The second-order valence-electron chi connectivity index (χ2n) is 10.3. The molecule has 8 nitrogen and oxygen atoms in total. The standard InChI is InChI=1S/C27H41NO7/c1-5-32-25(29)21-11-13-23(14-12-21)33-18-22-15-24(16-28(22)26(30)35-27(2,3)4)34-19-31-17-20-9-7-6-8-10-20/h6-10,21-24H,5,11-19H2,1-4H3/t21-,22-,23+,24+/m0/s1. The summed E-state index contributed by atoms with van der Waals surface area (Å²) >= 11 is 0. The van der Waals surface area contributed by atoms with Crippen molar-refractivity contribution in [2.45, 2.75) is 90.3 Å². The zero-order valence-electron chi connectivity index (χ0n) is 21.6. The van der Waals surface area contributed by atoms with Gasteiger partial charge in [-0.2, -0.15) is 0 Å². The van der Waals surface area contributed by atoms with E-state index >= 15 is 0 Å². The minimum Gasteiger partial charge on any atom is -0.466 e. The van der Waals surface area contributed by atoms with E-state index in [1.54, 1.807) is 4.90 Å². The molecule has 3 rings (SSSR count). The van der Waals surface area contributed by atoms with Crippen molar-refractivity contribution in [2.24, 2.45) is 5.92 Å². The van der Waals surface area contributed by atoms with Crippen LogP contribution in [-0.2, 0) is 35.1 Å². The third kappa shape index (κ3) is 9.09. The van der Waals surface area contributed by atoms with Gasteiger partial charge in [0.25, 0.3) is 0 Å². The highest BCUT2D eigenvalue weighted by Crippen LogP contribution is 2.29. The lowest BCUT2D eigenvalue weighted by Crippen LogP contribution is -2.42. The third-order valence-electron chi connectivity index (χ3n) is 6.32. The number of rotatable bonds is 10. The Bertz CT molecular complexity index is 786. The Labute approximate surface area is 209 Å². The number of nitrogens with zero attached hydrogens (tertiary/aromatic N) is 1. The van der Waals surface area contributed by atoms with Gasteiger partial charge in [-0.3, -0.25) is 4.79 Å². The molecule has 1 heterocycles. The number of ether oxygens (including phenoxy) is 5. The van der Waals surface area contributed by atoms with Gasteiger partial charge in [-0.05, 0) is 65.4 Å². The van der Waals surface area contributed by atoms with Crippen molar-refractivity contribution in [3.05, 3.63) is 35.9 Å². The molecule has 196 valence electrons. The van der Waals surface area contributed by atoms with Gasteiger partial charge in [-0.25, -0.2) is 4.79 Å². The van der Waals surface area contributed by atoms with Gasteiger partial charge in [0.2, 0.25) is 0 Å². The molecular weight excluding hydrogens is 450 g/mol. The van der Waals surface area contributed by atoms with Crippen LogP contribution in [0, 0.1) is 5.92 Å². The largest absolute Gasteiger partial charge is 0.466 e. The molecule has 2 fully saturated rings. The smallest absolute Gasteiger partial charge is 0.410 e. The molecule has 0 aromatic heterocycles. The summed E-state index contributed by atoms with van der Waals surface area (Å²) in [7, 11) is 0. The van der Waals surface area contributed by atoms with E-state index in [1.165, 1.54) is 0 Å². The van der Waals surface area contributed by atoms with Crippen molar-refractivity contribution >= 4 is 12.1 Å². The Hall–Kier alpha value is -2.16. The van der Waals surface area contributed by atoms with Crippen molar-refractivity contribution in [1.29, 1.82) is 0 Å². The van der Waals surface area contributed by atoms with Crippen LogP contribution >= 0.6 is 0 Å². The molecule has 1 amide bonds. The van der Waals surface area contributed by atoms with E-state index in [0.29, 0.717) is 32.8 Å². The average molecular weight is 492 g/mol. The first-order valence-corrected chi connectivity index (χ1v) is 12.8. The van der Waals surface area contributed by atoms with Crippen molar-refractivity contribution in [3.63, 3.8) is 0 Å². The zero-order chi connectivity index (χ0) is 25.3. The summed E-state index contributed by atoms with van der Waals surface area (Å²) in [4.78, 5) is 26.6. The molecule has 2 atom stereocenters. The Morgan fingerprint density at radius 3 is 2.37 bits per heavy atom. The maximum Gasteiger partial charge on any atom is 0.410 e. The van der Waals surface area contributed by atoms with Crippen LogP contribution in [0.25, 0.3) is 0 Å².